The number of benzene rings is 1. The number of aliphatic carboxylic acids is 1. The number of hydrogen-bond acceptors (Lipinski definition) is 6. The maximum Gasteiger partial charge on any atom is 0.490 e. The van der Waals surface area contributed by atoms with Crippen molar-refractivity contribution in [1.29, 1.82) is 0 Å². The van der Waals surface area contributed by atoms with Crippen molar-refractivity contribution >= 4 is 28.7 Å². The molecule has 9 nitrogen and oxygen atoms in total. The van der Waals surface area contributed by atoms with Crippen LogP contribution in [0.25, 0.3) is 11.0 Å². The predicted molar refractivity (Wildman–Crippen MR) is 98.9 cm³/mol. The van der Waals surface area contributed by atoms with Crippen molar-refractivity contribution in [2.45, 2.75) is 25.1 Å². The molecule has 1 aromatic carbocycles. The van der Waals surface area contributed by atoms with Gasteiger partial charge in [-0.3, -0.25) is 4.79 Å². The van der Waals surface area contributed by atoms with E-state index in [1.807, 2.05) is 37.3 Å². The molecule has 0 bridgehead atoms. The highest BCUT2D eigenvalue weighted by Gasteiger charge is 2.38. The van der Waals surface area contributed by atoms with Gasteiger partial charge in [0.05, 0.1) is 18.2 Å². The fourth-order valence-corrected chi connectivity index (χ4v) is 2.53. The van der Waals surface area contributed by atoms with Crippen LogP contribution in [0.1, 0.15) is 24.6 Å². The highest BCUT2D eigenvalue weighted by Crippen LogP contribution is 2.25. The van der Waals surface area contributed by atoms with E-state index in [2.05, 4.69) is 20.8 Å². The molecule has 3 aromatic rings. The fraction of sp³-hybridized carbons (Fsp3) is 0.333. The van der Waals surface area contributed by atoms with Gasteiger partial charge in [0.1, 0.15) is 11.3 Å². The Bertz CT molecular complexity index is 1010. The summed E-state index contributed by atoms with van der Waals surface area (Å²) in [6.07, 6.45) is -3.51. The zero-order valence-electron chi connectivity index (χ0n) is 15.7. The quantitative estimate of drug-likeness (QED) is 0.587. The number of carbonyl (C=O) groups is 2. The Morgan fingerprint density at radius 2 is 2.00 bits per heavy atom. The first-order chi connectivity index (χ1) is 14.1. The molecular formula is C18H18F3N5O4. The Kier molecular flexibility index (Phi) is 6.06. The SMILES string of the molecule is CC(C(=O)Nc1cnn(C2CNC2)n1)c1cc2ccccc2o1.O=C(O)C(F)(F)F. The van der Waals surface area contributed by atoms with Crippen LogP contribution < -0.4 is 10.6 Å². The highest BCUT2D eigenvalue weighted by molar-refractivity contribution is 5.95. The molecule has 1 saturated heterocycles. The number of aromatic nitrogens is 3. The zero-order chi connectivity index (χ0) is 21.9. The zero-order valence-corrected chi connectivity index (χ0v) is 15.7. The molecule has 0 radical (unpaired) electrons. The first kappa shape index (κ1) is 21.3. The number of para-hydroxylation sites is 1. The average molecular weight is 425 g/mol. The topological polar surface area (TPSA) is 122 Å². The van der Waals surface area contributed by atoms with Crippen molar-refractivity contribution in [3.8, 4) is 0 Å². The Morgan fingerprint density at radius 1 is 1.33 bits per heavy atom. The van der Waals surface area contributed by atoms with E-state index in [1.54, 1.807) is 11.0 Å². The summed E-state index contributed by atoms with van der Waals surface area (Å²) in [6, 6.07) is 9.88. The first-order valence-corrected chi connectivity index (χ1v) is 8.87. The Labute approximate surface area is 167 Å². The van der Waals surface area contributed by atoms with Crippen molar-refractivity contribution in [2.24, 2.45) is 0 Å². The van der Waals surface area contributed by atoms with Gasteiger partial charge in [-0.25, -0.2) is 4.79 Å². The summed E-state index contributed by atoms with van der Waals surface area (Å²) in [6.45, 7) is 3.53. The number of halogens is 3. The monoisotopic (exact) mass is 425 g/mol. The summed E-state index contributed by atoms with van der Waals surface area (Å²) in [7, 11) is 0. The van der Waals surface area contributed by atoms with Crippen LogP contribution in [0.2, 0.25) is 0 Å². The van der Waals surface area contributed by atoms with Crippen molar-refractivity contribution in [2.75, 3.05) is 18.4 Å². The van der Waals surface area contributed by atoms with Gasteiger partial charge in [0.15, 0.2) is 5.82 Å². The van der Waals surface area contributed by atoms with E-state index in [-0.39, 0.29) is 11.9 Å². The van der Waals surface area contributed by atoms with Crippen molar-refractivity contribution in [1.82, 2.24) is 20.3 Å². The van der Waals surface area contributed by atoms with Gasteiger partial charge in [-0.2, -0.15) is 23.1 Å². The Morgan fingerprint density at radius 3 is 2.57 bits per heavy atom. The number of fused-ring (bicyclic) bond motifs is 1. The molecule has 4 rings (SSSR count). The summed E-state index contributed by atoms with van der Waals surface area (Å²) in [5.41, 5.74) is 0.783. The average Bonchev–Trinajstić information content (AvgIpc) is 3.26. The second-order valence-corrected chi connectivity index (χ2v) is 6.56. The van der Waals surface area contributed by atoms with E-state index >= 15 is 0 Å². The lowest BCUT2D eigenvalue weighted by Crippen LogP contribution is -2.44. The van der Waals surface area contributed by atoms with E-state index < -0.39 is 18.1 Å². The molecule has 1 unspecified atom stereocenters. The maximum atomic E-state index is 12.4. The van der Waals surface area contributed by atoms with Gasteiger partial charge < -0.3 is 20.2 Å². The first-order valence-electron chi connectivity index (χ1n) is 8.87. The summed E-state index contributed by atoms with van der Waals surface area (Å²) in [5.74, 6) is -2.22. The summed E-state index contributed by atoms with van der Waals surface area (Å²) >= 11 is 0. The number of rotatable bonds is 4. The van der Waals surface area contributed by atoms with Crippen LogP contribution >= 0.6 is 0 Å². The summed E-state index contributed by atoms with van der Waals surface area (Å²) in [5, 5.41) is 22.6. The highest BCUT2D eigenvalue weighted by atomic mass is 19.4. The number of nitrogens with zero attached hydrogens (tertiary/aromatic N) is 3. The third-order valence-electron chi connectivity index (χ3n) is 4.35. The number of carboxylic acid groups (broad SMARTS) is 1. The van der Waals surface area contributed by atoms with Gasteiger partial charge in [-0.1, -0.05) is 18.2 Å². The molecule has 0 saturated carbocycles. The van der Waals surface area contributed by atoms with E-state index in [0.29, 0.717) is 11.6 Å². The lowest BCUT2D eigenvalue weighted by atomic mass is 10.1. The van der Waals surface area contributed by atoms with E-state index in [1.165, 1.54) is 0 Å². The van der Waals surface area contributed by atoms with Gasteiger partial charge in [0.25, 0.3) is 0 Å². The van der Waals surface area contributed by atoms with Crippen LogP contribution in [-0.4, -0.2) is 51.2 Å². The van der Waals surface area contributed by atoms with Gasteiger partial charge >= 0.3 is 12.1 Å². The predicted octanol–water partition coefficient (Wildman–Crippen LogP) is 2.54. The number of amides is 1. The fourth-order valence-electron chi connectivity index (χ4n) is 2.53. The van der Waals surface area contributed by atoms with Gasteiger partial charge in [0.2, 0.25) is 5.91 Å². The Hall–Kier alpha value is -3.41. The molecule has 1 aliphatic heterocycles. The molecule has 2 aromatic heterocycles. The molecule has 0 spiro atoms. The number of carbonyl (C=O) groups excluding carboxylic acids is 1. The van der Waals surface area contributed by atoms with Crippen LogP contribution in [-0.2, 0) is 9.59 Å². The van der Waals surface area contributed by atoms with E-state index in [9.17, 15) is 18.0 Å². The number of nitrogens with one attached hydrogen (secondary N) is 2. The molecule has 1 fully saturated rings. The molecular weight excluding hydrogens is 407 g/mol. The number of anilines is 1. The van der Waals surface area contributed by atoms with Crippen molar-refractivity contribution < 1.29 is 32.3 Å². The summed E-state index contributed by atoms with van der Waals surface area (Å²) < 4.78 is 37.5. The molecule has 3 N–H and O–H groups in total. The summed E-state index contributed by atoms with van der Waals surface area (Å²) in [4.78, 5) is 22.9. The third kappa shape index (κ3) is 4.95. The second-order valence-electron chi connectivity index (χ2n) is 6.56. The molecule has 1 aliphatic rings. The number of alkyl halides is 3. The molecule has 1 atom stereocenters. The maximum absolute atomic E-state index is 12.4. The standard InChI is InChI=1S/C16H17N5O2.C2HF3O2/c1-10(14-6-11-4-2-3-5-13(11)23-14)16(22)19-15-9-18-21(20-15)12-7-17-8-12;3-2(4,5)1(6)7/h2-6,9-10,12,17H,7-8H2,1H3,(H,19,20,22);(H,6,7). The number of hydrogen-bond donors (Lipinski definition) is 3. The number of carboxylic acids is 1. The van der Waals surface area contributed by atoms with Crippen molar-refractivity contribution in [3.63, 3.8) is 0 Å². The minimum atomic E-state index is -5.08. The van der Waals surface area contributed by atoms with Crippen LogP contribution in [0, 0.1) is 0 Å². The van der Waals surface area contributed by atoms with Crippen LogP contribution in [0.15, 0.2) is 40.9 Å². The minimum absolute atomic E-state index is 0.164. The second kappa shape index (κ2) is 8.53. The van der Waals surface area contributed by atoms with Crippen LogP contribution in [0.5, 0.6) is 0 Å². The van der Waals surface area contributed by atoms with Crippen LogP contribution in [0.4, 0.5) is 19.0 Å². The number of furan rings is 1. The molecule has 160 valence electrons. The van der Waals surface area contributed by atoms with Gasteiger partial charge in [0, 0.05) is 18.5 Å². The lowest BCUT2D eigenvalue weighted by Gasteiger charge is -2.25. The normalized spacial score (nSPS) is 15.1. The minimum Gasteiger partial charge on any atom is -0.475 e. The Balaban J connectivity index is 0.000000318. The van der Waals surface area contributed by atoms with E-state index in [0.717, 1.165) is 24.1 Å². The molecule has 1 amide bonds. The van der Waals surface area contributed by atoms with E-state index in [4.69, 9.17) is 14.3 Å². The lowest BCUT2D eigenvalue weighted by molar-refractivity contribution is -0.192. The third-order valence-corrected chi connectivity index (χ3v) is 4.35. The smallest absolute Gasteiger partial charge is 0.475 e. The molecule has 12 heteroatoms. The van der Waals surface area contributed by atoms with Crippen molar-refractivity contribution in [3.05, 3.63) is 42.3 Å². The largest absolute Gasteiger partial charge is 0.490 e. The van der Waals surface area contributed by atoms with Crippen LogP contribution in [0.3, 0.4) is 0 Å². The van der Waals surface area contributed by atoms with Gasteiger partial charge in [-0.05, 0) is 19.1 Å². The molecule has 0 aliphatic carbocycles. The van der Waals surface area contributed by atoms with Gasteiger partial charge in [-0.15, -0.1) is 5.10 Å². The molecule has 30 heavy (non-hydrogen) atoms. The molecule has 3 heterocycles.